The lowest BCUT2D eigenvalue weighted by atomic mass is 10.2. The van der Waals surface area contributed by atoms with Crippen LogP contribution in [0.1, 0.15) is 32.3 Å². The minimum Gasteiger partial charge on any atom is -0.490 e. The van der Waals surface area contributed by atoms with Gasteiger partial charge in [0, 0.05) is 5.56 Å². The number of ether oxygens (including phenoxy) is 2. The van der Waals surface area contributed by atoms with E-state index < -0.39 is 0 Å². The van der Waals surface area contributed by atoms with Gasteiger partial charge in [-0.1, -0.05) is 25.7 Å². The van der Waals surface area contributed by atoms with Crippen LogP contribution in [0.25, 0.3) is 0 Å². The highest BCUT2D eigenvalue weighted by Crippen LogP contribution is 2.28. The lowest BCUT2D eigenvalue weighted by Crippen LogP contribution is -2.01. The van der Waals surface area contributed by atoms with Crippen LogP contribution in [0.2, 0.25) is 0 Å². The lowest BCUT2D eigenvalue weighted by molar-refractivity contribution is 0.268. The van der Waals surface area contributed by atoms with Gasteiger partial charge in [-0.15, -0.1) is 11.6 Å². The van der Waals surface area contributed by atoms with E-state index in [1.54, 1.807) is 0 Å². The lowest BCUT2D eigenvalue weighted by Gasteiger charge is -2.12. The van der Waals surface area contributed by atoms with Crippen molar-refractivity contribution in [3.05, 3.63) is 23.8 Å². The highest BCUT2D eigenvalue weighted by atomic mass is 35.5. The van der Waals surface area contributed by atoms with Crippen LogP contribution in [0.4, 0.5) is 0 Å². The molecule has 2 nitrogen and oxygen atoms in total. The van der Waals surface area contributed by atoms with Gasteiger partial charge in [0.1, 0.15) is 0 Å². The molecule has 1 rings (SSSR count). The fourth-order valence-electron chi connectivity index (χ4n) is 1.38. The van der Waals surface area contributed by atoms with Crippen LogP contribution in [0.15, 0.2) is 18.2 Å². The summed E-state index contributed by atoms with van der Waals surface area (Å²) in [5.41, 5.74) is 0.894. The molecule has 98 valence electrons. The number of hydrogen-bond donors (Lipinski definition) is 0. The summed E-state index contributed by atoms with van der Waals surface area (Å²) < 4.78 is 11.3. The van der Waals surface area contributed by atoms with Crippen molar-refractivity contribution in [2.45, 2.75) is 26.7 Å². The number of hydrogen-bond acceptors (Lipinski definition) is 2. The second-order valence-corrected chi connectivity index (χ2v) is 4.06. The van der Waals surface area contributed by atoms with Crippen LogP contribution >= 0.6 is 11.6 Å². The summed E-state index contributed by atoms with van der Waals surface area (Å²) in [7, 11) is 0. The van der Waals surface area contributed by atoms with E-state index in [4.69, 9.17) is 21.1 Å². The molecule has 0 saturated heterocycles. The van der Waals surface area contributed by atoms with E-state index in [1.807, 2.05) is 18.2 Å². The van der Waals surface area contributed by atoms with Crippen LogP contribution < -0.4 is 9.47 Å². The summed E-state index contributed by atoms with van der Waals surface area (Å²) in [5.74, 6) is 7.67. The number of benzene rings is 1. The van der Waals surface area contributed by atoms with Gasteiger partial charge in [-0.05, 0) is 31.0 Å². The molecule has 0 spiro atoms. The smallest absolute Gasteiger partial charge is 0.162 e. The minimum absolute atomic E-state index is 0.333. The molecule has 0 N–H and O–H groups in total. The van der Waals surface area contributed by atoms with Crippen LogP contribution in [0.3, 0.4) is 0 Å². The summed E-state index contributed by atoms with van der Waals surface area (Å²) in [6.45, 7) is 5.51. The first kappa shape index (κ1) is 14.7. The molecule has 0 bridgehead atoms. The molecule has 0 aliphatic rings. The quantitative estimate of drug-likeness (QED) is 0.575. The topological polar surface area (TPSA) is 18.5 Å². The Kier molecular flexibility index (Phi) is 7.13. The van der Waals surface area contributed by atoms with Gasteiger partial charge in [0.2, 0.25) is 0 Å². The van der Waals surface area contributed by atoms with Crippen LogP contribution in [-0.4, -0.2) is 19.1 Å². The van der Waals surface area contributed by atoms with Gasteiger partial charge in [0.25, 0.3) is 0 Å². The SMILES string of the molecule is CCCOc1ccc(C#CCCl)cc1OCCC. The second kappa shape index (κ2) is 8.72. The van der Waals surface area contributed by atoms with Gasteiger partial charge in [0.15, 0.2) is 11.5 Å². The number of halogens is 1. The summed E-state index contributed by atoms with van der Waals surface area (Å²) in [6.07, 6.45) is 1.94. The summed E-state index contributed by atoms with van der Waals surface area (Å²) in [6, 6.07) is 5.72. The van der Waals surface area contributed by atoms with Crippen molar-refractivity contribution in [1.82, 2.24) is 0 Å². The minimum atomic E-state index is 0.333. The predicted molar refractivity (Wildman–Crippen MR) is 75.6 cm³/mol. The van der Waals surface area contributed by atoms with Crippen molar-refractivity contribution in [1.29, 1.82) is 0 Å². The molecule has 0 aliphatic carbocycles. The van der Waals surface area contributed by atoms with E-state index in [2.05, 4.69) is 25.7 Å². The van der Waals surface area contributed by atoms with E-state index in [-0.39, 0.29) is 0 Å². The monoisotopic (exact) mass is 266 g/mol. The van der Waals surface area contributed by atoms with Gasteiger partial charge >= 0.3 is 0 Å². The fraction of sp³-hybridized carbons (Fsp3) is 0.467. The number of rotatable bonds is 6. The van der Waals surface area contributed by atoms with Crippen LogP contribution in [-0.2, 0) is 0 Å². The Morgan fingerprint density at radius 2 is 1.72 bits per heavy atom. The number of alkyl halides is 1. The largest absolute Gasteiger partial charge is 0.490 e. The molecule has 0 aliphatic heterocycles. The first-order valence-corrected chi connectivity index (χ1v) is 6.79. The van der Waals surface area contributed by atoms with E-state index in [1.165, 1.54) is 0 Å². The van der Waals surface area contributed by atoms with E-state index >= 15 is 0 Å². The Bertz CT molecular complexity index is 418. The van der Waals surface area contributed by atoms with Gasteiger partial charge < -0.3 is 9.47 Å². The summed E-state index contributed by atoms with van der Waals surface area (Å²) in [4.78, 5) is 0. The standard InChI is InChI=1S/C15H19ClO2/c1-3-10-17-14-8-7-13(6-5-9-16)12-15(14)18-11-4-2/h7-8,12H,3-4,9-11H2,1-2H3. The van der Waals surface area contributed by atoms with Crippen molar-refractivity contribution < 1.29 is 9.47 Å². The van der Waals surface area contributed by atoms with Gasteiger partial charge in [0.05, 0.1) is 19.1 Å². The zero-order valence-corrected chi connectivity index (χ0v) is 11.7. The molecule has 0 atom stereocenters. The Morgan fingerprint density at radius 1 is 1.06 bits per heavy atom. The molecule has 0 heterocycles. The Balaban J connectivity index is 2.88. The Labute approximate surface area is 114 Å². The van der Waals surface area contributed by atoms with E-state index in [0.29, 0.717) is 19.1 Å². The van der Waals surface area contributed by atoms with Crippen molar-refractivity contribution in [2.24, 2.45) is 0 Å². The molecule has 0 saturated carbocycles. The van der Waals surface area contributed by atoms with E-state index in [0.717, 1.165) is 29.9 Å². The van der Waals surface area contributed by atoms with Crippen LogP contribution in [0, 0.1) is 11.8 Å². The molecular weight excluding hydrogens is 248 g/mol. The third-order valence-corrected chi connectivity index (χ3v) is 2.30. The highest BCUT2D eigenvalue weighted by Gasteiger charge is 2.05. The maximum Gasteiger partial charge on any atom is 0.162 e. The zero-order valence-electron chi connectivity index (χ0n) is 11.0. The third-order valence-electron chi connectivity index (χ3n) is 2.17. The van der Waals surface area contributed by atoms with Crippen molar-refractivity contribution >= 4 is 11.6 Å². The predicted octanol–water partition coefficient (Wildman–Crippen LogP) is 3.85. The normalized spacial score (nSPS) is 9.50. The van der Waals surface area contributed by atoms with Gasteiger partial charge in [-0.2, -0.15) is 0 Å². The molecule has 0 fully saturated rings. The maximum absolute atomic E-state index is 5.68. The maximum atomic E-state index is 5.68. The third kappa shape index (κ3) is 4.89. The first-order chi connectivity index (χ1) is 8.81. The van der Waals surface area contributed by atoms with Crippen molar-refractivity contribution in [3.8, 4) is 23.3 Å². The molecule has 1 aromatic carbocycles. The molecule has 18 heavy (non-hydrogen) atoms. The zero-order chi connectivity index (χ0) is 13.2. The molecule has 0 aromatic heterocycles. The highest BCUT2D eigenvalue weighted by molar-refractivity contribution is 6.19. The van der Waals surface area contributed by atoms with Gasteiger partial charge in [-0.25, -0.2) is 0 Å². The molecule has 0 radical (unpaired) electrons. The van der Waals surface area contributed by atoms with Crippen molar-refractivity contribution in [3.63, 3.8) is 0 Å². The molecule has 1 aromatic rings. The molecular formula is C15H19ClO2. The first-order valence-electron chi connectivity index (χ1n) is 6.26. The molecule has 3 heteroatoms. The van der Waals surface area contributed by atoms with Crippen molar-refractivity contribution in [2.75, 3.05) is 19.1 Å². The molecule has 0 amide bonds. The second-order valence-electron chi connectivity index (χ2n) is 3.79. The fourth-order valence-corrected chi connectivity index (χ4v) is 1.44. The van der Waals surface area contributed by atoms with E-state index in [9.17, 15) is 0 Å². The Hall–Kier alpha value is -1.33. The summed E-state index contributed by atoms with van der Waals surface area (Å²) >= 11 is 5.55. The Morgan fingerprint density at radius 3 is 2.33 bits per heavy atom. The summed E-state index contributed by atoms with van der Waals surface area (Å²) in [5, 5.41) is 0. The van der Waals surface area contributed by atoms with Crippen LogP contribution in [0.5, 0.6) is 11.5 Å². The average molecular weight is 267 g/mol. The molecule has 0 unspecified atom stereocenters. The average Bonchev–Trinajstić information content (AvgIpc) is 2.41. The van der Waals surface area contributed by atoms with Gasteiger partial charge in [-0.3, -0.25) is 0 Å².